The maximum absolute atomic E-state index is 12.6. The number of ether oxygens (including phenoxy) is 1. The van der Waals surface area contributed by atoms with Gasteiger partial charge < -0.3 is 10.1 Å². The molecule has 0 bridgehead atoms. The Morgan fingerprint density at radius 2 is 1.59 bits per heavy atom. The van der Waals surface area contributed by atoms with E-state index in [2.05, 4.69) is 10.0 Å². The number of amides is 1. The van der Waals surface area contributed by atoms with Gasteiger partial charge >= 0.3 is 0 Å². The highest BCUT2D eigenvalue weighted by molar-refractivity contribution is 7.92. The van der Waals surface area contributed by atoms with Crippen molar-refractivity contribution in [1.82, 2.24) is 0 Å². The lowest BCUT2D eigenvalue weighted by atomic mass is 10.2. The predicted molar refractivity (Wildman–Crippen MR) is 114 cm³/mol. The van der Waals surface area contributed by atoms with Gasteiger partial charge in [0.25, 0.3) is 15.9 Å². The Morgan fingerprint density at radius 1 is 0.931 bits per heavy atom. The third-order valence-corrected chi connectivity index (χ3v) is 5.62. The molecule has 0 saturated carbocycles. The minimum Gasteiger partial charge on any atom is -0.494 e. The number of benzene rings is 3. The molecule has 1 amide bonds. The minimum atomic E-state index is -3.72. The largest absolute Gasteiger partial charge is 0.494 e. The molecular formula is C22H22N2O4S. The number of hydrogen-bond donors (Lipinski definition) is 2. The fourth-order valence-electron chi connectivity index (χ4n) is 2.68. The molecule has 0 aliphatic heterocycles. The molecule has 3 aromatic rings. The van der Waals surface area contributed by atoms with E-state index in [0.29, 0.717) is 29.3 Å². The first-order valence-electron chi connectivity index (χ1n) is 9.12. The van der Waals surface area contributed by atoms with Crippen LogP contribution in [0.1, 0.15) is 22.8 Å². The summed E-state index contributed by atoms with van der Waals surface area (Å²) in [5, 5.41) is 2.75. The van der Waals surface area contributed by atoms with Crippen LogP contribution in [0.25, 0.3) is 0 Å². The highest BCUT2D eigenvalue weighted by Crippen LogP contribution is 2.21. The van der Waals surface area contributed by atoms with Crippen LogP contribution in [-0.4, -0.2) is 20.9 Å². The zero-order valence-electron chi connectivity index (χ0n) is 16.2. The van der Waals surface area contributed by atoms with E-state index in [1.807, 2.05) is 26.0 Å². The number of anilines is 2. The third kappa shape index (κ3) is 5.14. The molecule has 0 saturated heterocycles. The number of hydrogen-bond acceptors (Lipinski definition) is 4. The fraction of sp³-hybridized carbons (Fsp3) is 0.136. The van der Waals surface area contributed by atoms with E-state index < -0.39 is 10.0 Å². The molecule has 0 aromatic heterocycles. The number of sulfonamides is 1. The number of carbonyl (C=O) groups excluding carboxylic acids is 1. The van der Waals surface area contributed by atoms with Gasteiger partial charge in [-0.1, -0.05) is 18.2 Å². The highest BCUT2D eigenvalue weighted by Gasteiger charge is 2.15. The molecule has 150 valence electrons. The molecule has 0 aliphatic carbocycles. The standard InChI is InChI=1S/C22H22N2O4S/c1-3-28-19-12-8-17(9-13-19)22(25)23-18-10-14-20(15-11-18)29(26,27)24-21-7-5-4-6-16(21)2/h4-15,24H,3H2,1-2H3,(H,23,25). The molecular weight excluding hydrogens is 388 g/mol. The highest BCUT2D eigenvalue weighted by atomic mass is 32.2. The molecule has 0 heterocycles. The van der Waals surface area contributed by atoms with Crippen molar-refractivity contribution in [2.75, 3.05) is 16.6 Å². The first-order valence-corrected chi connectivity index (χ1v) is 10.6. The number of carbonyl (C=O) groups is 1. The normalized spacial score (nSPS) is 11.0. The van der Waals surface area contributed by atoms with E-state index in [1.165, 1.54) is 12.1 Å². The SMILES string of the molecule is CCOc1ccc(C(=O)Nc2ccc(S(=O)(=O)Nc3ccccc3C)cc2)cc1. The summed E-state index contributed by atoms with van der Waals surface area (Å²) in [6.45, 7) is 4.28. The van der Waals surface area contributed by atoms with Crippen LogP contribution < -0.4 is 14.8 Å². The Bertz CT molecular complexity index is 1090. The smallest absolute Gasteiger partial charge is 0.261 e. The van der Waals surface area contributed by atoms with Crippen molar-refractivity contribution in [3.63, 3.8) is 0 Å². The maximum atomic E-state index is 12.6. The predicted octanol–water partition coefficient (Wildman–Crippen LogP) is 4.45. The van der Waals surface area contributed by atoms with E-state index in [1.54, 1.807) is 48.5 Å². The molecule has 7 heteroatoms. The van der Waals surface area contributed by atoms with Crippen LogP contribution in [-0.2, 0) is 10.0 Å². The van der Waals surface area contributed by atoms with Gasteiger partial charge in [-0.2, -0.15) is 0 Å². The van der Waals surface area contributed by atoms with E-state index in [-0.39, 0.29) is 10.8 Å². The summed E-state index contributed by atoms with van der Waals surface area (Å²) in [5.41, 5.74) is 2.33. The van der Waals surface area contributed by atoms with Crippen LogP contribution in [0, 0.1) is 6.92 Å². The summed E-state index contributed by atoms with van der Waals surface area (Å²) in [4.78, 5) is 12.5. The molecule has 29 heavy (non-hydrogen) atoms. The average molecular weight is 410 g/mol. The topological polar surface area (TPSA) is 84.5 Å². The molecule has 0 fully saturated rings. The third-order valence-electron chi connectivity index (χ3n) is 4.24. The van der Waals surface area contributed by atoms with E-state index >= 15 is 0 Å². The second kappa shape index (κ2) is 8.79. The number of para-hydroxylation sites is 1. The lowest BCUT2D eigenvalue weighted by molar-refractivity contribution is 0.102. The van der Waals surface area contributed by atoms with Gasteiger partial charge in [0.2, 0.25) is 0 Å². The van der Waals surface area contributed by atoms with Crippen molar-refractivity contribution >= 4 is 27.3 Å². The first-order chi connectivity index (χ1) is 13.9. The molecule has 3 aromatic carbocycles. The van der Waals surface area contributed by atoms with E-state index in [0.717, 1.165) is 5.56 Å². The van der Waals surface area contributed by atoms with Gasteiger partial charge in [0, 0.05) is 11.3 Å². The van der Waals surface area contributed by atoms with Gasteiger partial charge in [-0.05, 0) is 74.0 Å². The minimum absolute atomic E-state index is 0.111. The van der Waals surface area contributed by atoms with Crippen LogP contribution in [0.15, 0.2) is 77.7 Å². The Balaban J connectivity index is 1.69. The van der Waals surface area contributed by atoms with E-state index in [4.69, 9.17) is 4.74 Å². The maximum Gasteiger partial charge on any atom is 0.261 e. The Labute approximate surface area is 170 Å². The lowest BCUT2D eigenvalue weighted by Gasteiger charge is -2.11. The van der Waals surface area contributed by atoms with Crippen LogP contribution in [0.5, 0.6) is 5.75 Å². The second-order valence-corrected chi connectivity index (χ2v) is 8.04. The fourth-order valence-corrected chi connectivity index (χ4v) is 3.81. The quantitative estimate of drug-likeness (QED) is 0.603. The summed E-state index contributed by atoms with van der Waals surface area (Å²) >= 11 is 0. The van der Waals surface area contributed by atoms with Crippen molar-refractivity contribution in [2.24, 2.45) is 0 Å². The van der Waals surface area contributed by atoms with Gasteiger partial charge in [-0.3, -0.25) is 9.52 Å². The number of aryl methyl sites for hydroxylation is 1. The summed E-state index contributed by atoms with van der Waals surface area (Å²) < 4.78 is 33.1. The van der Waals surface area contributed by atoms with Gasteiger partial charge in [0.1, 0.15) is 5.75 Å². The molecule has 0 unspecified atom stereocenters. The number of rotatable bonds is 7. The van der Waals surface area contributed by atoms with Crippen molar-refractivity contribution in [1.29, 1.82) is 0 Å². The summed E-state index contributed by atoms with van der Waals surface area (Å²) in [5.74, 6) is 0.404. The van der Waals surface area contributed by atoms with Crippen molar-refractivity contribution in [3.8, 4) is 5.75 Å². The van der Waals surface area contributed by atoms with E-state index in [9.17, 15) is 13.2 Å². The van der Waals surface area contributed by atoms with Crippen LogP contribution in [0.2, 0.25) is 0 Å². The van der Waals surface area contributed by atoms with Crippen LogP contribution in [0.3, 0.4) is 0 Å². The molecule has 6 nitrogen and oxygen atoms in total. The molecule has 0 aliphatic rings. The first kappa shape index (κ1) is 20.4. The zero-order valence-corrected chi connectivity index (χ0v) is 17.0. The molecule has 3 rings (SSSR count). The number of nitrogens with one attached hydrogen (secondary N) is 2. The van der Waals surface area contributed by atoms with Crippen LogP contribution >= 0.6 is 0 Å². The summed E-state index contributed by atoms with van der Waals surface area (Å²) in [7, 11) is -3.72. The molecule has 0 atom stereocenters. The summed E-state index contributed by atoms with van der Waals surface area (Å²) in [6, 6.07) is 20.0. The molecule has 0 radical (unpaired) electrons. The van der Waals surface area contributed by atoms with Gasteiger partial charge in [0.15, 0.2) is 0 Å². The monoisotopic (exact) mass is 410 g/mol. The van der Waals surface area contributed by atoms with Gasteiger partial charge in [-0.15, -0.1) is 0 Å². The zero-order chi connectivity index (χ0) is 20.9. The summed E-state index contributed by atoms with van der Waals surface area (Å²) in [6.07, 6.45) is 0. The van der Waals surface area contributed by atoms with Crippen molar-refractivity contribution in [3.05, 3.63) is 83.9 Å². The Kier molecular flexibility index (Phi) is 6.19. The van der Waals surface area contributed by atoms with Crippen molar-refractivity contribution < 1.29 is 17.9 Å². The van der Waals surface area contributed by atoms with Gasteiger partial charge in [-0.25, -0.2) is 8.42 Å². The molecule has 2 N–H and O–H groups in total. The Morgan fingerprint density at radius 3 is 2.21 bits per heavy atom. The molecule has 0 spiro atoms. The van der Waals surface area contributed by atoms with Crippen molar-refractivity contribution in [2.45, 2.75) is 18.7 Å². The van der Waals surface area contributed by atoms with Crippen LogP contribution in [0.4, 0.5) is 11.4 Å². The lowest BCUT2D eigenvalue weighted by Crippen LogP contribution is -2.14. The van der Waals surface area contributed by atoms with Gasteiger partial charge in [0.05, 0.1) is 17.2 Å². The average Bonchev–Trinajstić information content (AvgIpc) is 2.71. The Hall–Kier alpha value is -3.32. The second-order valence-electron chi connectivity index (χ2n) is 6.36.